The Balaban J connectivity index is 1.62. The van der Waals surface area contributed by atoms with Gasteiger partial charge in [-0.05, 0) is 49.8 Å². The fourth-order valence-electron chi connectivity index (χ4n) is 5.70. The van der Waals surface area contributed by atoms with E-state index in [-0.39, 0.29) is 42.3 Å². The standard InChI is InChI=1S/C29H41NO8/c1-6-18-26(34)16(2)8-7-11-29(5)23(38-29)13-21(37-25(33)14-22(32)28(3,4)27(18)35)17-9-10-20-19(12-17)30-24(15-31)36-20/h9-10,12,16,18,21-23,26,31-32,34H,6-8,11,13-15H2,1-5H3/t16-,18+,21?,22?,23?,26-,29+/m0/s1. The minimum Gasteiger partial charge on any atom is -0.457 e. The van der Waals surface area contributed by atoms with Crippen LogP contribution in [0.4, 0.5) is 0 Å². The van der Waals surface area contributed by atoms with Gasteiger partial charge in [0.25, 0.3) is 0 Å². The summed E-state index contributed by atoms with van der Waals surface area (Å²) in [5.41, 5.74) is 0.151. The van der Waals surface area contributed by atoms with Crippen molar-refractivity contribution >= 4 is 22.9 Å². The molecule has 3 heterocycles. The van der Waals surface area contributed by atoms with Gasteiger partial charge >= 0.3 is 5.97 Å². The molecule has 0 bridgehead atoms. The predicted molar refractivity (Wildman–Crippen MR) is 139 cm³/mol. The van der Waals surface area contributed by atoms with Crippen LogP contribution in [-0.4, -0.2) is 56.0 Å². The topological polar surface area (TPSA) is 143 Å². The molecule has 3 unspecified atom stereocenters. The van der Waals surface area contributed by atoms with Crippen molar-refractivity contribution < 1.29 is 38.8 Å². The summed E-state index contributed by atoms with van der Waals surface area (Å²) >= 11 is 0. The van der Waals surface area contributed by atoms with Crippen molar-refractivity contribution in [3.8, 4) is 0 Å². The summed E-state index contributed by atoms with van der Waals surface area (Å²) in [6.07, 6.45) is -0.0320. The normalized spacial score (nSPS) is 35.1. The molecule has 0 spiro atoms. The summed E-state index contributed by atoms with van der Waals surface area (Å²) in [6.45, 7) is 8.77. The molecule has 0 amide bonds. The third-order valence-electron chi connectivity index (χ3n) is 8.63. The number of hydrogen-bond donors (Lipinski definition) is 3. The van der Waals surface area contributed by atoms with Gasteiger partial charge in [0.2, 0.25) is 5.89 Å². The SMILES string of the molecule is CC[C@H]1C(=O)C(C)(C)C(O)CC(=O)OC(c2ccc3oc(CO)nc3c2)CC2O[C@]2(C)CCC[C@H](C)[C@@H]1O. The van der Waals surface area contributed by atoms with Crippen molar-refractivity contribution in [2.45, 2.75) is 110 Å². The third kappa shape index (κ3) is 5.81. The van der Waals surface area contributed by atoms with Gasteiger partial charge in [-0.3, -0.25) is 9.59 Å². The molecule has 1 aromatic carbocycles. The minimum absolute atomic E-state index is 0.0961. The van der Waals surface area contributed by atoms with Crippen LogP contribution < -0.4 is 0 Å². The number of carbonyl (C=O) groups is 2. The Morgan fingerprint density at radius 3 is 2.58 bits per heavy atom. The first-order chi connectivity index (χ1) is 17.9. The molecule has 2 aromatic rings. The number of aliphatic hydroxyl groups is 3. The highest BCUT2D eigenvalue weighted by Gasteiger charge is 2.53. The zero-order valence-electron chi connectivity index (χ0n) is 23.0. The summed E-state index contributed by atoms with van der Waals surface area (Å²) in [4.78, 5) is 30.9. The van der Waals surface area contributed by atoms with Crippen molar-refractivity contribution in [1.82, 2.24) is 4.98 Å². The van der Waals surface area contributed by atoms with E-state index in [0.29, 0.717) is 29.5 Å². The highest BCUT2D eigenvalue weighted by molar-refractivity contribution is 5.88. The summed E-state index contributed by atoms with van der Waals surface area (Å²) in [6, 6.07) is 5.29. The van der Waals surface area contributed by atoms with Gasteiger partial charge in [-0.1, -0.05) is 40.2 Å². The van der Waals surface area contributed by atoms with Crippen LogP contribution in [0.5, 0.6) is 0 Å². The van der Waals surface area contributed by atoms with E-state index >= 15 is 0 Å². The van der Waals surface area contributed by atoms with Crippen molar-refractivity contribution in [3.05, 3.63) is 29.7 Å². The molecule has 1 aromatic heterocycles. The van der Waals surface area contributed by atoms with E-state index in [9.17, 15) is 24.9 Å². The lowest BCUT2D eigenvalue weighted by Crippen LogP contribution is -2.46. The maximum absolute atomic E-state index is 13.5. The number of esters is 1. The molecule has 2 saturated heterocycles. The zero-order chi connectivity index (χ0) is 27.8. The van der Waals surface area contributed by atoms with Gasteiger partial charge in [0.1, 0.15) is 24.0 Å². The first kappa shape index (κ1) is 28.7. The fourth-order valence-corrected chi connectivity index (χ4v) is 5.70. The molecule has 210 valence electrons. The monoisotopic (exact) mass is 531 g/mol. The highest BCUT2D eigenvalue weighted by atomic mass is 16.6. The number of carbonyl (C=O) groups excluding carboxylic acids is 2. The summed E-state index contributed by atoms with van der Waals surface area (Å²) < 4.78 is 17.5. The van der Waals surface area contributed by atoms with Crippen LogP contribution in [0.15, 0.2) is 22.6 Å². The van der Waals surface area contributed by atoms with E-state index in [1.807, 2.05) is 20.8 Å². The summed E-state index contributed by atoms with van der Waals surface area (Å²) in [7, 11) is 0. The summed E-state index contributed by atoms with van der Waals surface area (Å²) in [5.74, 6) is -1.41. The van der Waals surface area contributed by atoms with Gasteiger partial charge in [-0.15, -0.1) is 0 Å². The second-order valence-electron chi connectivity index (χ2n) is 11.8. The lowest BCUT2D eigenvalue weighted by molar-refractivity contribution is -0.156. The van der Waals surface area contributed by atoms with Crippen molar-refractivity contribution in [2.24, 2.45) is 17.3 Å². The van der Waals surface area contributed by atoms with E-state index in [2.05, 4.69) is 4.98 Å². The first-order valence-corrected chi connectivity index (χ1v) is 13.7. The average Bonchev–Trinajstić information content (AvgIpc) is 3.31. The maximum Gasteiger partial charge on any atom is 0.309 e. The van der Waals surface area contributed by atoms with Crippen LogP contribution in [-0.2, 0) is 25.7 Å². The van der Waals surface area contributed by atoms with E-state index in [1.165, 1.54) is 0 Å². The van der Waals surface area contributed by atoms with Gasteiger partial charge < -0.3 is 29.2 Å². The number of nitrogens with zero attached hydrogens (tertiary/aromatic N) is 1. The zero-order valence-corrected chi connectivity index (χ0v) is 23.0. The quantitative estimate of drug-likeness (QED) is 0.395. The Morgan fingerprint density at radius 2 is 1.89 bits per heavy atom. The molecule has 0 aliphatic carbocycles. The number of ketones is 1. The molecular weight excluding hydrogens is 490 g/mol. The van der Waals surface area contributed by atoms with E-state index in [4.69, 9.17) is 13.9 Å². The number of rotatable bonds is 3. The van der Waals surface area contributed by atoms with Crippen LogP contribution in [0.1, 0.15) is 90.7 Å². The van der Waals surface area contributed by atoms with Crippen molar-refractivity contribution in [3.63, 3.8) is 0 Å². The van der Waals surface area contributed by atoms with Gasteiger partial charge in [-0.2, -0.15) is 0 Å². The molecule has 2 aliphatic heterocycles. The third-order valence-corrected chi connectivity index (χ3v) is 8.63. The van der Waals surface area contributed by atoms with E-state index in [0.717, 1.165) is 19.3 Å². The Hall–Kier alpha value is -2.33. The fraction of sp³-hybridized carbons (Fsp3) is 0.690. The van der Waals surface area contributed by atoms with Crippen LogP contribution in [0.3, 0.4) is 0 Å². The second kappa shape index (κ2) is 11.0. The van der Waals surface area contributed by atoms with Gasteiger partial charge in [0.05, 0.1) is 35.7 Å². The molecule has 9 nitrogen and oxygen atoms in total. The number of benzene rings is 1. The Bertz CT molecular complexity index is 1160. The van der Waals surface area contributed by atoms with Crippen molar-refractivity contribution in [2.75, 3.05) is 0 Å². The Labute approximate surface area is 223 Å². The highest BCUT2D eigenvalue weighted by Crippen LogP contribution is 2.47. The largest absolute Gasteiger partial charge is 0.457 e. The number of aromatic nitrogens is 1. The number of epoxide rings is 1. The lowest BCUT2D eigenvalue weighted by Gasteiger charge is -2.35. The molecular formula is C29H41NO8. The van der Waals surface area contributed by atoms with Crippen LogP contribution >= 0.6 is 0 Å². The van der Waals surface area contributed by atoms with Crippen LogP contribution in [0.25, 0.3) is 11.1 Å². The lowest BCUT2D eigenvalue weighted by atomic mass is 9.71. The molecule has 3 N–H and O–H groups in total. The number of cyclic esters (lactones) is 1. The molecule has 9 heteroatoms. The number of Topliss-reactive ketones (excluding diaryl/α,β-unsaturated/α-hetero) is 1. The molecule has 7 atom stereocenters. The Morgan fingerprint density at radius 1 is 1.16 bits per heavy atom. The molecule has 0 saturated carbocycles. The molecule has 38 heavy (non-hydrogen) atoms. The van der Waals surface area contributed by atoms with Gasteiger partial charge in [-0.25, -0.2) is 4.98 Å². The molecule has 4 rings (SSSR count). The van der Waals surface area contributed by atoms with E-state index in [1.54, 1.807) is 32.0 Å². The van der Waals surface area contributed by atoms with Crippen molar-refractivity contribution in [1.29, 1.82) is 0 Å². The minimum atomic E-state index is -1.28. The average molecular weight is 532 g/mol. The molecule has 2 fully saturated rings. The Kier molecular flexibility index (Phi) is 8.33. The number of oxazole rings is 1. The second-order valence-corrected chi connectivity index (χ2v) is 11.8. The maximum atomic E-state index is 13.5. The van der Waals surface area contributed by atoms with Gasteiger partial charge in [0, 0.05) is 12.3 Å². The number of aliphatic hydroxyl groups excluding tert-OH is 3. The summed E-state index contributed by atoms with van der Waals surface area (Å²) in [5, 5.41) is 31.4. The first-order valence-electron chi connectivity index (χ1n) is 13.7. The number of ether oxygens (including phenoxy) is 2. The number of hydrogen-bond acceptors (Lipinski definition) is 9. The molecule has 0 radical (unpaired) electrons. The van der Waals surface area contributed by atoms with Gasteiger partial charge in [0.15, 0.2) is 5.58 Å². The van der Waals surface area contributed by atoms with Crippen LogP contribution in [0.2, 0.25) is 0 Å². The molecule has 2 aliphatic rings. The van der Waals surface area contributed by atoms with Crippen LogP contribution in [0, 0.1) is 17.3 Å². The predicted octanol–water partition coefficient (Wildman–Crippen LogP) is 4.01. The number of fused-ring (bicyclic) bond motifs is 2. The van der Waals surface area contributed by atoms with E-state index < -0.39 is 35.6 Å². The smallest absolute Gasteiger partial charge is 0.309 e.